The van der Waals surface area contributed by atoms with Crippen molar-refractivity contribution in [1.29, 1.82) is 5.26 Å². The zero-order valence-electron chi connectivity index (χ0n) is 16.9. The monoisotopic (exact) mass is 445 g/mol. The molecule has 1 unspecified atom stereocenters. The molecule has 0 spiro atoms. The molecule has 1 atom stereocenters. The third-order valence-corrected chi connectivity index (χ3v) is 5.01. The Morgan fingerprint density at radius 3 is 2.75 bits per heavy atom. The summed E-state index contributed by atoms with van der Waals surface area (Å²) in [4.78, 5) is 5.43. The summed E-state index contributed by atoms with van der Waals surface area (Å²) in [6.07, 6.45) is 0.244. The van der Waals surface area contributed by atoms with E-state index in [9.17, 15) is 23.5 Å². The van der Waals surface area contributed by atoms with E-state index in [4.69, 9.17) is 9.47 Å². The van der Waals surface area contributed by atoms with E-state index < -0.39 is 25.1 Å². The van der Waals surface area contributed by atoms with E-state index in [-0.39, 0.29) is 35.7 Å². The lowest BCUT2D eigenvalue weighted by atomic mass is 10.1. The first-order chi connectivity index (χ1) is 15.4. The second kappa shape index (κ2) is 8.86. The van der Waals surface area contributed by atoms with Crippen molar-refractivity contribution < 1.29 is 27.8 Å². The van der Waals surface area contributed by atoms with Crippen molar-refractivity contribution in [2.75, 3.05) is 13.7 Å². The fraction of sp³-hybridized carbons (Fsp3) is 0.286. The van der Waals surface area contributed by atoms with Gasteiger partial charge in [0.2, 0.25) is 0 Å². The number of pyridine rings is 1. The normalized spacial score (nSPS) is 14.3. The molecular weight excluding hydrogens is 427 g/mol. The molecule has 8 nitrogen and oxygen atoms in total. The predicted molar refractivity (Wildman–Crippen MR) is 105 cm³/mol. The van der Waals surface area contributed by atoms with Crippen LogP contribution in [0.4, 0.5) is 13.2 Å². The number of hydrogen-bond acceptors (Lipinski definition) is 7. The van der Waals surface area contributed by atoms with E-state index >= 15 is 0 Å². The lowest BCUT2D eigenvalue weighted by molar-refractivity contribution is -0.00757. The largest absolute Gasteiger partial charge is 0.495 e. The molecule has 1 N–H and O–H groups in total. The van der Waals surface area contributed by atoms with Crippen LogP contribution in [0.5, 0.6) is 11.5 Å². The van der Waals surface area contributed by atoms with E-state index in [1.807, 2.05) is 6.07 Å². The lowest BCUT2D eigenvalue weighted by Crippen LogP contribution is -2.25. The molecule has 0 aliphatic carbocycles. The minimum Gasteiger partial charge on any atom is -0.495 e. The molecule has 4 rings (SSSR count). The molecule has 32 heavy (non-hydrogen) atoms. The third-order valence-electron chi connectivity index (χ3n) is 5.01. The molecule has 11 heteroatoms. The zero-order valence-corrected chi connectivity index (χ0v) is 16.9. The SMILES string of the molecule is COc1c(C#N)ccc(OCC(F)F)c1C(O)N1Cc2cn(-c3cncc(F)c3)nc2C1. The fourth-order valence-corrected chi connectivity index (χ4v) is 3.60. The van der Waals surface area contributed by atoms with Gasteiger partial charge in [-0.2, -0.15) is 10.4 Å². The van der Waals surface area contributed by atoms with Crippen molar-refractivity contribution in [2.24, 2.45) is 0 Å². The van der Waals surface area contributed by atoms with Gasteiger partial charge in [-0.3, -0.25) is 9.88 Å². The van der Waals surface area contributed by atoms with E-state index in [0.29, 0.717) is 11.4 Å². The van der Waals surface area contributed by atoms with Gasteiger partial charge < -0.3 is 14.6 Å². The smallest absolute Gasteiger partial charge is 0.272 e. The predicted octanol–water partition coefficient (Wildman–Crippen LogP) is 2.94. The Morgan fingerprint density at radius 1 is 1.28 bits per heavy atom. The van der Waals surface area contributed by atoms with Crippen molar-refractivity contribution in [3.63, 3.8) is 0 Å². The molecule has 1 aliphatic rings. The number of nitriles is 1. The Labute approximate surface area is 181 Å². The summed E-state index contributed by atoms with van der Waals surface area (Å²) < 4.78 is 50.8. The first kappa shape index (κ1) is 21.6. The molecule has 3 aromatic rings. The molecule has 1 aliphatic heterocycles. The van der Waals surface area contributed by atoms with E-state index in [2.05, 4.69) is 10.1 Å². The Balaban J connectivity index is 1.62. The minimum atomic E-state index is -2.71. The first-order valence-corrected chi connectivity index (χ1v) is 9.53. The van der Waals surface area contributed by atoms with Gasteiger partial charge in [0.15, 0.2) is 0 Å². The number of aromatic nitrogens is 3. The Hall–Kier alpha value is -3.62. The van der Waals surface area contributed by atoms with Crippen LogP contribution in [-0.2, 0) is 13.1 Å². The van der Waals surface area contributed by atoms with E-state index in [1.165, 1.54) is 36.2 Å². The van der Waals surface area contributed by atoms with Gasteiger partial charge in [0.25, 0.3) is 6.43 Å². The highest BCUT2D eigenvalue weighted by Gasteiger charge is 2.33. The van der Waals surface area contributed by atoms with Crippen molar-refractivity contribution in [1.82, 2.24) is 19.7 Å². The Kier molecular flexibility index (Phi) is 5.98. The molecule has 0 bridgehead atoms. The minimum absolute atomic E-state index is 0.00547. The lowest BCUT2D eigenvalue weighted by Gasteiger charge is -2.26. The van der Waals surface area contributed by atoms with Crippen LogP contribution in [0.3, 0.4) is 0 Å². The molecule has 1 aromatic carbocycles. The summed E-state index contributed by atoms with van der Waals surface area (Å²) in [6, 6.07) is 5.99. The van der Waals surface area contributed by atoms with Crippen molar-refractivity contribution in [3.8, 4) is 23.3 Å². The maximum atomic E-state index is 13.5. The number of nitrogens with zero attached hydrogens (tertiary/aromatic N) is 5. The number of aliphatic hydroxyl groups excluding tert-OH is 1. The molecule has 0 amide bonds. The van der Waals surface area contributed by atoms with Crippen molar-refractivity contribution >= 4 is 0 Å². The number of rotatable bonds is 7. The highest BCUT2D eigenvalue weighted by molar-refractivity contribution is 5.56. The Bertz CT molecular complexity index is 1150. The van der Waals surface area contributed by atoms with Gasteiger partial charge in [0, 0.05) is 30.9 Å². The van der Waals surface area contributed by atoms with E-state index in [1.54, 1.807) is 11.1 Å². The molecule has 0 saturated carbocycles. The molecular formula is C21H18F3N5O3. The summed E-state index contributed by atoms with van der Waals surface area (Å²) in [7, 11) is 1.32. The fourth-order valence-electron chi connectivity index (χ4n) is 3.60. The summed E-state index contributed by atoms with van der Waals surface area (Å²) in [5.41, 5.74) is 2.11. The van der Waals surface area contributed by atoms with Crippen LogP contribution in [0.2, 0.25) is 0 Å². The number of aliphatic hydroxyl groups is 1. The number of ether oxygens (including phenoxy) is 2. The van der Waals surface area contributed by atoms with Gasteiger partial charge in [-0.25, -0.2) is 17.9 Å². The average Bonchev–Trinajstić information content (AvgIpc) is 3.36. The number of hydrogen-bond donors (Lipinski definition) is 1. The first-order valence-electron chi connectivity index (χ1n) is 9.53. The van der Waals surface area contributed by atoms with Crippen molar-refractivity contribution in [2.45, 2.75) is 25.7 Å². The summed E-state index contributed by atoms with van der Waals surface area (Å²) in [5, 5.41) is 24.9. The van der Waals surface area contributed by atoms with Gasteiger partial charge in [0.05, 0.1) is 42.0 Å². The molecule has 0 radical (unpaired) electrons. The topological polar surface area (TPSA) is 96.4 Å². The van der Waals surface area contributed by atoms with Crippen LogP contribution in [-0.4, -0.2) is 44.9 Å². The second-order valence-corrected chi connectivity index (χ2v) is 7.06. The van der Waals surface area contributed by atoms with Gasteiger partial charge in [0.1, 0.15) is 36.2 Å². The highest BCUT2D eigenvalue weighted by atomic mass is 19.3. The van der Waals surface area contributed by atoms with Crippen molar-refractivity contribution in [3.05, 3.63) is 65.0 Å². The van der Waals surface area contributed by atoms with Crippen LogP contribution >= 0.6 is 0 Å². The maximum Gasteiger partial charge on any atom is 0.272 e. The Morgan fingerprint density at radius 2 is 2.09 bits per heavy atom. The maximum absolute atomic E-state index is 13.5. The van der Waals surface area contributed by atoms with Crippen LogP contribution in [0.25, 0.3) is 5.69 Å². The number of benzene rings is 1. The molecule has 0 fully saturated rings. The van der Waals surface area contributed by atoms with E-state index in [0.717, 1.165) is 11.8 Å². The standard InChI is InChI=1S/C21H18F3N5O3/c1-31-20-12(5-25)2-3-17(32-11-18(23)24)19(20)21(30)28-8-13-9-29(27-16(13)10-28)15-4-14(22)6-26-7-15/h2-4,6-7,9,18,21,30H,8,10-11H2,1H3. The summed E-state index contributed by atoms with van der Waals surface area (Å²) in [6.45, 7) is -0.378. The van der Waals surface area contributed by atoms with Gasteiger partial charge in [-0.15, -0.1) is 0 Å². The van der Waals surface area contributed by atoms with Gasteiger partial charge >= 0.3 is 0 Å². The van der Waals surface area contributed by atoms with Crippen LogP contribution in [0.15, 0.2) is 36.8 Å². The number of methoxy groups -OCH3 is 1. The molecule has 3 heterocycles. The highest BCUT2D eigenvalue weighted by Crippen LogP contribution is 2.41. The number of alkyl halides is 2. The second-order valence-electron chi connectivity index (χ2n) is 7.06. The molecule has 2 aromatic heterocycles. The van der Waals surface area contributed by atoms with Gasteiger partial charge in [-0.1, -0.05) is 0 Å². The average molecular weight is 445 g/mol. The summed E-state index contributed by atoms with van der Waals surface area (Å²) >= 11 is 0. The number of halogens is 3. The van der Waals surface area contributed by atoms with Gasteiger partial charge in [-0.05, 0) is 12.1 Å². The summed E-state index contributed by atoms with van der Waals surface area (Å²) in [5.74, 6) is -0.447. The number of fused-ring (bicyclic) bond motifs is 1. The van der Waals surface area contributed by atoms with Crippen LogP contribution in [0.1, 0.15) is 28.6 Å². The molecule has 166 valence electrons. The quantitative estimate of drug-likeness (QED) is 0.597. The van der Waals surface area contributed by atoms with Crippen LogP contribution < -0.4 is 9.47 Å². The van der Waals surface area contributed by atoms with Crippen LogP contribution in [0, 0.1) is 17.1 Å². The zero-order chi connectivity index (χ0) is 22.8. The third kappa shape index (κ3) is 4.10. The molecule has 0 saturated heterocycles.